The van der Waals surface area contributed by atoms with Crippen molar-refractivity contribution in [2.75, 3.05) is 0 Å². The largest absolute Gasteiger partial charge is 0.271 e. The molecule has 0 aliphatic rings. The molecule has 5 aromatic carbocycles. The summed E-state index contributed by atoms with van der Waals surface area (Å²) in [5.41, 5.74) is -0.699. The van der Waals surface area contributed by atoms with Crippen molar-refractivity contribution in [2.24, 2.45) is 0 Å². The van der Waals surface area contributed by atoms with Gasteiger partial charge >= 0.3 is 0 Å². The third-order valence-corrected chi connectivity index (χ3v) is 14.4. The highest BCUT2D eigenvalue weighted by atomic mass is 32.1. The van der Waals surface area contributed by atoms with Gasteiger partial charge in [-0.15, -0.1) is 11.3 Å². The first-order valence-electron chi connectivity index (χ1n) is 22.6. The second-order valence-corrected chi connectivity index (χ2v) is 18.3. The first-order valence-corrected chi connectivity index (χ1v) is 23.4. The topological polar surface area (TPSA) is 78.1 Å². The minimum Gasteiger partial charge on any atom is -0.271 e. The molecule has 0 saturated carbocycles. The normalized spacial score (nSPS) is 12.8. The van der Waals surface area contributed by atoms with E-state index >= 15 is 0 Å². The molecule has 0 saturated heterocycles. The number of hydrogen-bond donors (Lipinski definition) is 0. The van der Waals surface area contributed by atoms with Gasteiger partial charge in [0.05, 0.1) is 10.8 Å². The zero-order valence-electron chi connectivity index (χ0n) is 34.7. The Kier molecular flexibility index (Phi) is 11.9. The maximum Gasteiger partial charge on any atom is 0.261 e. The first-order chi connectivity index (χ1) is 27.9. The SMILES string of the molecule is CCCCCCC(CCCCCC)n1c(=O)c2ccc3c4ccc5c(=O)n(C(CCCCCC)CCCCCC)c(=O)c6cc7sc8cc(c1=O)c2c3c8c7c4c56. The number of aromatic nitrogens is 2. The molecule has 0 bridgehead atoms. The highest BCUT2D eigenvalue weighted by Gasteiger charge is 2.29. The Balaban J connectivity index is 1.35. The molecule has 300 valence electrons. The Bertz CT molecular complexity index is 2650. The highest BCUT2D eigenvalue weighted by molar-refractivity contribution is 7.26. The molecule has 0 unspecified atom stereocenters. The minimum absolute atomic E-state index is 0.121. The fourth-order valence-corrected chi connectivity index (χ4v) is 11.6. The molecule has 3 heterocycles. The predicted molar refractivity (Wildman–Crippen MR) is 246 cm³/mol. The van der Waals surface area contributed by atoms with E-state index in [1.807, 2.05) is 24.3 Å². The Morgan fingerprint density at radius 3 is 1.04 bits per heavy atom. The Morgan fingerprint density at radius 1 is 0.386 bits per heavy atom. The van der Waals surface area contributed by atoms with Crippen molar-refractivity contribution in [3.63, 3.8) is 0 Å². The Morgan fingerprint density at radius 2 is 0.702 bits per heavy atom. The molecule has 0 atom stereocenters. The summed E-state index contributed by atoms with van der Waals surface area (Å²) in [5, 5.41) is 9.88. The monoisotopic (exact) mass is 784 g/mol. The number of rotatable bonds is 22. The van der Waals surface area contributed by atoms with Crippen molar-refractivity contribution < 1.29 is 0 Å². The summed E-state index contributed by atoms with van der Waals surface area (Å²) in [6.07, 6.45) is 21.0. The van der Waals surface area contributed by atoms with E-state index in [1.54, 1.807) is 20.5 Å². The van der Waals surface area contributed by atoms with Crippen LogP contribution in [0.2, 0.25) is 0 Å². The van der Waals surface area contributed by atoms with Crippen LogP contribution in [0.15, 0.2) is 55.6 Å². The summed E-state index contributed by atoms with van der Waals surface area (Å²) in [6, 6.07) is 11.8. The van der Waals surface area contributed by atoms with Gasteiger partial charge in [-0.2, -0.15) is 0 Å². The summed E-state index contributed by atoms with van der Waals surface area (Å²) >= 11 is 1.63. The van der Waals surface area contributed by atoms with Gasteiger partial charge in [-0.3, -0.25) is 28.3 Å². The van der Waals surface area contributed by atoms with E-state index in [-0.39, 0.29) is 34.3 Å². The van der Waals surface area contributed by atoms with Gasteiger partial charge in [0, 0.05) is 64.6 Å². The standard InChI is InChI=1S/C50H60N2O4S/c1-5-9-13-17-21-31(22-18-14-10-6-2)51-47(53)35-27-25-33-34-26-28-36-42-38(50(56)52(48(36)54)32(23-19-15-11-7-3)24-20-16-12-8-4)30-40-46(44(34)42)45-39(57-40)29-37(49(51)55)41(35)43(33)45/h25-32H,5-24H2,1-4H3. The van der Waals surface area contributed by atoms with E-state index in [0.717, 1.165) is 181 Å². The lowest BCUT2D eigenvalue weighted by atomic mass is 9.86. The first kappa shape index (κ1) is 39.7. The van der Waals surface area contributed by atoms with Crippen molar-refractivity contribution in [3.8, 4) is 0 Å². The van der Waals surface area contributed by atoms with Crippen molar-refractivity contribution >= 4 is 85.4 Å². The predicted octanol–water partition coefficient (Wildman–Crippen LogP) is 13.6. The number of thiophene rings is 1. The molecule has 6 nitrogen and oxygen atoms in total. The molecule has 0 aliphatic carbocycles. The molecule has 0 amide bonds. The fraction of sp³-hybridized carbons (Fsp3) is 0.520. The quantitative estimate of drug-likeness (QED) is 0.0389. The van der Waals surface area contributed by atoms with Crippen LogP contribution in [0.25, 0.3) is 74.0 Å². The van der Waals surface area contributed by atoms with Gasteiger partial charge in [0.25, 0.3) is 22.2 Å². The van der Waals surface area contributed by atoms with E-state index in [2.05, 4.69) is 39.8 Å². The van der Waals surface area contributed by atoms with E-state index in [1.165, 1.54) is 0 Å². The molecule has 0 radical (unpaired) electrons. The lowest BCUT2D eigenvalue weighted by molar-refractivity contribution is 0.384. The summed E-state index contributed by atoms with van der Waals surface area (Å²) < 4.78 is 5.23. The van der Waals surface area contributed by atoms with Gasteiger partial charge in [0.1, 0.15) is 0 Å². The molecule has 3 aromatic heterocycles. The van der Waals surface area contributed by atoms with Gasteiger partial charge in [-0.05, 0) is 60.7 Å². The summed E-state index contributed by atoms with van der Waals surface area (Å²) in [6.45, 7) is 8.83. The third-order valence-electron chi connectivity index (χ3n) is 13.3. The van der Waals surface area contributed by atoms with Crippen LogP contribution in [0.3, 0.4) is 0 Å². The molecule has 8 rings (SSSR count). The molecule has 57 heavy (non-hydrogen) atoms. The molecule has 8 aromatic rings. The maximum atomic E-state index is 14.8. The van der Waals surface area contributed by atoms with Gasteiger partial charge in [0.15, 0.2) is 0 Å². The van der Waals surface area contributed by atoms with Gasteiger partial charge in [0.2, 0.25) is 0 Å². The highest BCUT2D eigenvalue weighted by Crippen LogP contribution is 2.51. The van der Waals surface area contributed by atoms with E-state index < -0.39 is 0 Å². The van der Waals surface area contributed by atoms with E-state index in [9.17, 15) is 19.2 Å². The average molecular weight is 785 g/mol. The lowest BCUT2D eigenvalue weighted by Gasteiger charge is -2.23. The number of hydrogen-bond acceptors (Lipinski definition) is 5. The van der Waals surface area contributed by atoms with Gasteiger partial charge in [-0.25, -0.2) is 0 Å². The smallest absolute Gasteiger partial charge is 0.261 e. The van der Waals surface area contributed by atoms with Gasteiger partial charge in [-0.1, -0.05) is 143 Å². The van der Waals surface area contributed by atoms with Gasteiger partial charge < -0.3 is 0 Å². The number of benzene rings is 5. The molecule has 0 N–H and O–H groups in total. The number of unbranched alkanes of at least 4 members (excludes halogenated alkanes) is 12. The Labute approximate surface area is 339 Å². The molecule has 7 heteroatoms. The molecule has 0 spiro atoms. The molecule has 0 aliphatic heterocycles. The summed E-state index contributed by atoms with van der Waals surface area (Å²) in [4.78, 5) is 58.8. The van der Waals surface area contributed by atoms with Crippen molar-refractivity contribution in [1.29, 1.82) is 0 Å². The third kappa shape index (κ3) is 6.80. The minimum atomic E-state index is -0.176. The van der Waals surface area contributed by atoms with Crippen LogP contribution in [-0.4, -0.2) is 9.13 Å². The second-order valence-electron chi connectivity index (χ2n) is 17.2. The van der Waals surface area contributed by atoms with E-state index in [4.69, 9.17) is 0 Å². The number of nitrogens with zero attached hydrogens (tertiary/aromatic N) is 2. The zero-order chi connectivity index (χ0) is 39.8. The molecule has 0 fully saturated rings. The average Bonchev–Trinajstić information content (AvgIpc) is 3.60. The van der Waals surface area contributed by atoms with Crippen molar-refractivity contribution in [2.45, 2.75) is 168 Å². The van der Waals surface area contributed by atoms with Crippen LogP contribution in [0.4, 0.5) is 0 Å². The fourth-order valence-electron chi connectivity index (χ4n) is 10.4. The van der Waals surface area contributed by atoms with Crippen LogP contribution in [0, 0.1) is 0 Å². The summed E-state index contributed by atoms with van der Waals surface area (Å²) in [5.74, 6) is 0. The number of pyridine rings is 2. The molecular weight excluding hydrogens is 725 g/mol. The van der Waals surface area contributed by atoms with Crippen molar-refractivity contribution in [3.05, 3.63) is 77.8 Å². The van der Waals surface area contributed by atoms with Crippen LogP contribution in [0.1, 0.15) is 168 Å². The molecular formula is C50H60N2O4S. The van der Waals surface area contributed by atoms with Crippen LogP contribution >= 0.6 is 11.3 Å². The Hall–Kier alpha value is -4.10. The number of fused-ring (bicyclic) bond motifs is 1. The zero-order valence-corrected chi connectivity index (χ0v) is 35.5. The lowest BCUT2D eigenvalue weighted by Crippen LogP contribution is -2.37. The maximum absolute atomic E-state index is 14.8. The van der Waals surface area contributed by atoms with Crippen LogP contribution in [-0.2, 0) is 0 Å². The van der Waals surface area contributed by atoms with Crippen molar-refractivity contribution in [1.82, 2.24) is 9.13 Å². The van der Waals surface area contributed by atoms with E-state index in [0.29, 0.717) is 21.5 Å². The van der Waals surface area contributed by atoms with Crippen LogP contribution in [0.5, 0.6) is 0 Å². The second kappa shape index (κ2) is 17.0. The van der Waals surface area contributed by atoms with Crippen LogP contribution < -0.4 is 22.2 Å². The summed E-state index contributed by atoms with van der Waals surface area (Å²) in [7, 11) is 0.